The number of anilines is 1. The normalized spacial score (nSPS) is 19.3. The molecule has 1 heterocycles. The molecule has 0 aromatic heterocycles. The summed E-state index contributed by atoms with van der Waals surface area (Å²) >= 11 is 0. The van der Waals surface area contributed by atoms with Crippen LogP contribution in [0.15, 0.2) is 36.4 Å². The Labute approximate surface area is 113 Å². The number of allylic oxidation sites excluding steroid dienone is 1. The fraction of sp³-hybridized carbons (Fsp3) is 0.333. The predicted octanol–water partition coefficient (Wildman–Crippen LogP) is 2.12. The summed E-state index contributed by atoms with van der Waals surface area (Å²) < 4.78 is 0. The maximum absolute atomic E-state index is 12.5. The van der Waals surface area contributed by atoms with Gasteiger partial charge in [0, 0.05) is 6.54 Å². The van der Waals surface area contributed by atoms with Crippen molar-refractivity contribution >= 4 is 17.5 Å². The maximum atomic E-state index is 12.5. The molecule has 19 heavy (non-hydrogen) atoms. The standard InChI is InChI=1S/C15H18N2O2/c1-3-5-10-17-13-9-7-6-8-11(13)14(18)16-12(4-2)15(17)19/h3,5-9,12H,4,10H2,1-2H3,(H,16,18)/b5-3+. The summed E-state index contributed by atoms with van der Waals surface area (Å²) in [4.78, 5) is 26.3. The van der Waals surface area contributed by atoms with Crippen molar-refractivity contribution in [1.29, 1.82) is 0 Å². The summed E-state index contributed by atoms with van der Waals surface area (Å²) in [5.41, 5.74) is 1.23. The van der Waals surface area contributed by atoms with Gasteiger partial charge >= 0.3 is 0 Å². The fourth-order valence-electron chi connectivity index (χ4n) is 2.18. The minimum atomic E-state index is -0.454. The van der Waals surface area contributed by atoms with E-state index in [-0.39, 0.29) is 11.8 Å². The van der Waals surface area contributed by atoms with Gasteiger partial charge in [0.15, 0.2) is 0 Å². The Bertz CT molecular complexity index is 523. The molecule has 0 saturated heterocycles. The SMILES string of the molecule is C/C=C/CN1C(=O)C(CC)NC(=O)c2ccccc21. The molecule has 0 bridgehead atoms. The van der Waals surface area contributed by atoms with E-state index in [0.717, 1.165) is 0 Å². The highest BCUT2D eigenvalue weighted by molar-refractivity contribution is 6.11. The Morgan fingerprint density at radius 2 is 2.05 bits per heavy atom. The topological polar surface area (TPSA) is 49.4 Å². The molecule has 100 valence electrons. The summed E-state index contributed by atoms with van der Waals surface area (Å²) in [6.45, 7) is 4.29. The van der Waals surface area contributed by atoms with Crippen molar-refractivity contribution in [3.8, 4) is 0 Å². The summed E-state index contributed by atoms with van der Waals surface area (Å²) in [5.74, 6) is -0.238. The summed E-state index contributed by atoms with van der Waals surface area (Å²) in [6.07, 6.45) is 4.40. The van der Waals surface area contributed by atoms with E-state index < -0.39 is 6.04 Å². The van der Waals surface area contributed by atoms with Crippen LogP contribution in [0.25, 0.3) is 0 Å². The molecule has 1 aromatic rings. The van der Waals surface area contributed by atoms with Gasteiger partial charge in [0.05, 0.1) is 11.3 Å². The fourth-order valence-corrected chi connectivity index (χ4v) is 2.18. The van der Waals surface area contributed by atoms with E-state index in [2.05, 4.69) is 5.32 Å². The van der Waals surface area contributed by atoms with Gasteiger partial charge in [-0.3, -0.25) is 9.59 Å². The summed E-state index contributed by atoms with van der Waals surface area (Å²) in [7, 11) is 0. The van der Waals surface area contributed by atoms with Crippen LogP contribution >= 0.6 is 0 Å². The highest BCUT2D eigenvalue weighted by Gasteiger charge is 2.31. The second-order valence-electron chi connectivity index (χ2n) is 4.47. The smallest absolute Gasteiger partial charge is 0.254 e. The summed E-state index contributed by atoms with van der Waals surface area (Å²) in [5, 5.41) is 2.79. The van der Waals surface area contributed by atoms with Gasteiger partial charge in [-0.1, -0.05) is 31.2 Å². The molecule has 1 atom stereocenters. The predicted molar refractivity (Wildman–Crippen MR) is 75.2 cm³/mol. The van der Waals surface area contributed by atoms with E-state index in [1.165, 1.54) is 0 Å². The molecular formula is C15H18N2O2. The molecule has 1 aromatic carbocycles. The van der Waals surface area contributed by atoms with Crippen LogP contribution in [0.5, 0.6) is 0 Å². The van der Waals surface area contributed by atoms with Crippen molar-refractivity contribution in [1.82, 2.24) is 5.32 Å². The van der Waals surface area contributed by atoms with Crippen molar-refractivity contribution in [2.24, 2.45) is 0 Å². The quantitative estimate of drug-likeness (QED) is 0.844. The van der Waals surface area contributed by atoms with Gasteiger partial charge in [0.25, 0.3) is 5.91 Å². The number of para-hydroxylation sites is 1. The van der Waals surface area contributed by atoms with Crippen LogP contribution in [0.3, 0.4) is 0 Å². The van der Waals surface area contributed by atoms with Gasteiger partial charge in [-0.2, -0.15) is 0 Å². The number of nitrogens with one attached hydrogen (secondary N) is 1. The van der Waals surface area contributed by atoms with Gasteiger partial charge < -0.3 is 10.2 Å². The number of carbonyl (C=O) groups excluding carboxylic acids is 2. The van der Waals surface area contributed by atoms with E-state index in [1.54, 1.807) is 11.0 Å². The van der Waals surface area contributed by atoms with E-state index >= 15 is 0 Å². The number of rotatable bonds is 3. The van der Waals surface area contributed by atoms with E-state index in [0.29, 0.717) is 24.2 Å². The number of carbonyl (C=O) groups is 2. The summed E-state index contributed by atoms with van der Waals surface area (Å²) in [6, 6.07) is 6.76. The highest BCUT2D eigenvalue weighted by Crippen LogP contribution is 2.24. The van der Waals surface area contributed by atoms with Crippen LogP contribution in [0.1, 0.15) is 30.6 Å². The van der Waals surface area contributed by atoms with Crippen LogP contribution in [-0.4, -0.2) is 24.4 Å². The van der Waals surface area contributed by atoms with Gasteiger partial charge in [-0.05, 0) is 25.5 Å². The Balaban J connectivity index is 2.49. The second kappa shape index (κ2) is 5.69. The molecule has 2 amide bonds. The monoisotopic (exact) mass is 258 g/mol. The first kappa shape index (κ1) is 13.3. The van der Waals surface area contributed by atoms with Gasteiger partial charge in [-0.25, -0.2) is 0 Å². The number of hydrogen-bond acceptors (Lipinski definition) is 2. The van der Waals surface area contributed by atoms with Crippen LogP contribution in [-0.2, 0) is 4.79 Å². The number of fused-ring (bicyclic) bond motifs is 1. The lowest BCUT2D eigenvalue weighted by Crippen LogP contribution is -2.45. The van der Waals surface area contributed by atoms with Crippen molar-refractivity contribution < 1.29 is 9.59 Å². The molecule has 2 rings (SSSR count). The number of nitrogens with zero attached hydrogens (tertiary/aromatic N) is 1. The number of hydrogen-bond donors (Lipinski definition) is 1. The zero-order valence-corrected chi connectivity index (χ0v) is 11.2. The largest absolute Gasteiger partial charge is 0.340 e. The van der Waals surface area contributed by atoms with Crippen LogP contribution < -0.4 is 10.2 Å². The number of benzene rings is 1. The first-order valence-electron chi connectivity index (χ1n) is 6.51. The molecule has 1 aliphatic rings. The van der Waals surface area contributed by atoms with Gasteiger partial charge in [0.2, 0.25) is 5.91 Å². The molecule has 4 nitrogen and oxygen atoms in total. The molecule has 0 aliphatic carbocycles. The Hall–Kier alpha value is -2.10. The molecular weight excluding hydrogens is 240 g/mol. The molecule has 0 radical (unpaired) electrons. The average Bonchev–Trinajstić information content (AvgIpc) is 2.54. The zero-order chi connectivity index (χ0) is 13.8. The van der Waals surface area contributed by atoms with E-state index in [1.807, 2.05) is 44.2 Å². The van der Waals surface area contributed by atoms with Crippen LogP contribution in [0, 0.1) is 0 Å². The minimum absolute atomic E-state index is 0.0566. The molecule has 1 aliphatic heterocycles. The molecule has 0 fully saturated rings. The van der Waals surface area contributed by atoms with Crippen molar-refractivity contribution in [3.05, 3.63) is 42.0 Å². The lowest BCUT2D eigenvalue weighted by molar-refractivity contribution is -0.120. The lowest BCUT2D eigenvalue weighted by Gasteiger charge is -2.23. The van der Waals surface area contributed by atoms with E-state index in [4.69, 9.17) is 0 Å². The average molecular weight is 258 g/mol. The van der Waals surface area contributed by atoms with Crippen molar-refractivity contribution in [2.45, 2.75) is 26.3 Å². The second-order valence-corrected chi connectivity index (χ2v) is 4.47. The molecule has 1 N–H and O–H groups in total. The first-order valence-corrected chi connectivity index (χ1v) is 6.51. The Kier molecular flexibility index (Phi) is 4.00. The molecule has 0 spiro atoms. The molecule has 0 saturated carbocycles. The van der Waals surface area contributed by atoms with Gasteiger partial charge in [-0.15, -0.1) is 0 Å². The Morgan fingerprint density at radius 3 is 2.74 bits per heavy atom. The third-order valence-electron chi connectivity index (χ3n) is 3.24. The number of amides is 2. The molecule has 1 unspecified atom stereocenters. The van der Waals surface area contributed by atoms with Crippen LogP contribution in [0.4, 0.5) is 5.69 Å². The van der Waals surface area contributed by atoms with Crippen LogP contribution in [0.2, 0.25) is 0 Å². The third-order valence-corrected chi connectivity index (χ3v) is 3.24. The highest BCUT2D eigenvalue weighted by atomic mass is 16.2. The van der Waals surface area contributed by atoms with E-state index in [9.17, 15) is 9.59 Å². The third kappa shape index (κ3) is 2.52. The minimum Gasteiger partial charge on any atom is -0.340 e. The Morgan fingerprint density at radius 1 is 1.32 bits per heavy atom. The van der Waals surface area contributed by atoms with Crippen molar-refractivity contribution in [2.75, 3.05) is 11.4 Å². The lowest BCUT2D eigenvalue weighted by atomic mass is 10.1. The zero-order valence-electron chi connectivity index (χ0n) is 11.2. The van der Waals surface area contributed by atoms with Gasteiger partial charge in [0.1, 0.15) is 6.04 Å². The molecule has 4 heteroatoms. The first-order chi connectivity index (χ1) is 9.19. The maximum Gasteiger partial charge on any atom is 0.254 e. The van der Waals surface area contributed by atoms with Crippen molar-refractivity contribution in [3.63, 3.8) is 0 Å².